The van der Waals surface area contributed by atoms with Gasteiger partial charge in [0.25, 0.3) is 0 Å². The van der Waals surface area contributed by atoms with Gasteiger partial charge in [-0.25, -0.2) is 20.8 Å². The maximum Gasteiger partial charge on any atom is 0.206 e. The number of hydrogen-bond acceptors (Lipinski definition) is 5. The minimum Gasteiger partial charge on any atom is -0.385 e. The molecule has 0 saturated carbocycles. The van der Waals surface area contributed by atoms with Crippen molar-refractivity contribution in [2.24, 2.45) is 10.8 Å². The highest BCUT2D eigenvalue weighted by Crippen LogP contribution is 1.93. The van der Waals surface area contributed by atoms with Crippen LogP contribution >= 0.6 is 0 Å². The van der Waals surface area contributed by atoms with E-state index in [2.05, 4.69) is 25.7 Å². The van der Waals surface area contributed by atoms with Crippen molar-refractivity contribution in [2.75, 3.05) is 20.3 Å². The molecule has 1 aromatic rings. The molecule has 1 rings (SSSR count). The highest BCUT2D eigenvalue weighted by molar-refractivity contribution is 5.79. The molecule has 0 atom stereocenters. The van der Waals surface area contributed by atoms with E-state index < -0.39 is 0 Å². The second-order valence-electron chi connectivity index (χ2n) is 3.28. The molecule has 4 N–H and O–H groups in total. The number of hydrogen-bond donors (Lipinski definition) is 3. The van der Waals surface area contributed by atoms with Gasteiger partial charge in [-0.15, -0.1) is 0 Å². The Morgan fingerprint density at radius 3 is 3.12 bits per heavy atom. The predicted octanol–water partition coefficient (Wildman–Crippen LogP) is -0.578. The van der Waals surface area contributed by atoms with E-state index in [0.29, 0.717) is 19.1 Å². The Morgan fingerprint density at radius 2 is 2.47 bits per heavy atom. The van der Waals surface area contributed by atoms with Crippen molar-refractivity contribution in [3.8, 4) is 0 Å². The Kier molecular flexibility index (Phi) is 6.61. The molecular formula is C10H18N6O. The zero-order chi connectivity index (χ0) is 12.3. The van der Waals surface area contributed by atoms with Crippen LogP contribution in [-0.2, 0) is 11.3 Å². The molecule has 0 fully saturated rings. The molecule has 17 heavy (non-hydrogen) atoms. The van der Waals surface area contributed by atoms with Gasteiger partial charge in [-0.2, -0.15) is 0 Å². The van der Waals surface area contributed by atoms with E-state index in [0.717, 1.165) is 18.7 Å². The van der Waals surface area contributed by atoms with Gasteiger partial charge in [0.15, 0.2) is 0 Å². The van der Waals surface area contributed by atoms with Crippen molar-refractivity contribution in [1.82, 2.24) is 20.7 Å². The van der Waals surface area contributed by atoms with Crippen LogP contribution in [0.25, 0.3) is 0 Å². The lowest BCUT2D eigenvalue weighted by atomic mass is 10.4. The molecule has 0 aliphatic heterocycles. The fraction of sp³-hybridized carbons (Fsp3) is 0.500. The summed E-state index contributed by atoms with van der Waals surface area (Å²) in [4.78, 5) is 12.1. The summed E-state index contributed by atoms with van der Waals surface area (Å²) in [5, 5.41) is 3.06. The van der Waals surface area contributed by atoms with Crippen molar-refractivity contribution < 1.29 is 4.74 Å². The fourth-order valence-electron chi connectivity index (χ4n) is 1.15. The van der Waals surface area contributed by atoms with Gasteiger partial charge in [-0.1, -0.05) is 0 Å². The summed E-state index contributed by atoms with van der Waals surface area (Å²) in [6.45, 7) is 1.91. The predicted molar refractivity (Wildman–Crippen MR) is 65.0 cm³/mol. The van der Waals surface area contributed by atoms with Crippen LogP contribution in [0.1, 0.15) is 12.1 Å². The van der Waals surface area contributed by atoms with E-state index in [9.17, 15) is 0 Å². The van der Waals surface area contributed by atoms with Crippen molar-refractivity contribution >= 4 is 5.96 Å². The number of nitrogens with two attached hydrogens (primary N) is 1. The zero-order valence-electron chi connectivity index (χ0n) is 9.89. The Morgan fingerprint density at radius 1 is 1.59 bits per heavy atom. The maximum atomic E-state index is 5.34. The SMILES string of the molecule is COCCCNC(=NCc1ccncn1)NN. The molecule has 1 aromatic heterocycles. The highest BCUT2D eigenvalue weighted by atomic mass is 16.5. The Bertz CT molecular complexity index is 329. The number of aliphatic imine (C=N–C) groups is 1. The van der Waals surface area contributed by atoms with E-state index in [1.807, 2.05) is 6.07 Å². The second kappa shape index (κ2) is 8.43. The van der Waals surface area contributed by atoms with E-state index in [1.165, 1.54) is 6.33 Å². The average molecular weight is 238 g/mol. The first-order valence-corrected chi connectivity index (χ1v) is 5.35. The van der Waals surface area contributed by atoms with E-state index in [-0.39, 0.29) is 0 Å². The van der Waals surface area contributed by atoms with E-state index in [1.54, 1.807) is 13.3 Å². The number of rotatable bonds is 6. The quantitative estimate of drug-likeness (QED) is 0.202. The molecule has 0 aliphatic rings. The maximum absolute atomic E-state index is 5.34. The number of hydrazine groups is 1. The van der Waals surface area contributed by atoms with Crippen molar-refractivity contribution in [3.05, 3.63) is 24.3 Å². The minimum atomic E-state index is 0.458. The van der Waals surface area contributed by atoms with Crippen LogP contribution in [0, 0.1) is 0 Å². The summed E-state index contributed by atoms with van der Waals surface area (Å²) >= 11 is 0. The van der Waals surface area contributed by atoms with Crippen LogP contribution in [0.4, 0.5) is 0 Å². The van der Waals surface area contributed by atoms with Crippen molar-refractivity contribution in [3.63, 3.8) is 0 Å². The van der Waals surface area contributed by atoms with Crippen LogP contribution in [0.2, 0.25) is 0 Å². The molecule has 7 heteroatoms. The summed E-state index contributed by atoms with van der Waals surface area (Å²) in [5.74, 6) is 5.89. The summed E-state index contributed by atoms with van der Waals surface area (Å²) in [6, 6.07) is 1.81. The Balaban J connectivity index is 2.34. The van der Waals surface area contributed by atoms with Crippen LogP contribution in [0.15, 0.2) is 23.6 Å². The molecule has 1 heterocycles. The van der Waals surface area contributed by atoms with Gasteiger partial charge in [0, 0.05) is 26.5 Å². The first-order valence-electron chi connectivity index (χ1n) is 5.35. The van der Waals surface area contributed by atoms with Crippen LogP contribution in [0.5, 0.6) is 0 Å². The van der Waals surface area contributed by atoms with Gasteiger partial charge < -0.3 is 10.1 Å². The van der Waals surface area contributed by atoms with Gasteiger partial charge in [0.05, 0.1) is 12.2 Å². The smallest absolute Gasteiger partial charge is 0.206 e. The lowest BCUT2D eigenvalue weighted by molar-refractivity contribution is 0.195. The summed E-state index contributed by atoms with van der Waals surface area (Å²) in [5.41, 5.74) is 3.34. The Labute approximate surface area is 100 Å². The van der Waals surface area contributed by atoms with E-state index in [4.69, 9.17) is 10.6 Å². The topological polar surface area (TPSA) is 97.4 Å². The number of aromatic nitrogens is 2. The molecule has 7 nitrogen and oxygen atoms in total. The van der Waals surface area contributed by atoms with Gasteiger partial charge >= 0.3 is 0 Å². The molecule has 0 aromatic carbocycles. The van der Waals surface area contributed by atoms with Gasteiger partial charge in [-0.05, 0) is 12.5 Å². The number of guanidine groups is 1. The molecule has 0 bridgehead atoms. The largest absolute Gasteiger partial charge is 0.385 e. The standard InChI is InChI=1S/C10H18N6O/c1-17-6-2-4-13-10(16-11)14-7-9-3-5-12-8-15-9/h3,5,8H,2,4,6-7,11H2,1H3,(H2,13,14,16). The minimum absolute atomic E-state index is 0.458. The van der Waals surface area contributed by atoms with Crippen LogP contribution < -0.4 is 16.6 Å². The molecular weight excluding hydrogens is 220 g/mol. The monoisotopic (exact) mass is 238 g/mol. The molecule has 0 unspecified atom stereocenters. The molecule has 94 valence electrons. The number of ether oxygens (including phenoxy) is 1. The summed E-state index contributed by atoms with van der Waals surface area (Å²) in [7, 11) is 1.67. The van der Waals surface area contributed by atoms with E-state index >= 15 is 0 Å². The number of nitrogens with zero attached hydrogens (tertiary/aromatic N) is 3. The molecule has 0 amide bonds. The third-order valence-electron chi connectivity index (χ3n) is 2.00. The van der Waals surface area contributed by atoms with Crippen LogP contribution in [0.3, 0.4) is 0 Å². The van der Waals surface area contributed by atoms with Crippen molar-refractivity contribution in [2.45, 2.75) is 13.0 Å². The lowest BCUT2D eigenvalue weighted by Gasteiger charge is -2.08. The zero-order valence-corrected chi connectivity index (χ0v) is 9.89. The molecule has 0 saturated heterocycles. The van der Waals surface area contributed by atoms with Crippen molar-refractivity contribution in [1.29, 1.82) is 0 Å². The first kappa shape index (κ1) is 13.3. The highest BCUT2D eigenvalue weighted by Gasteiger charge is 1.96. The van der Waals surface area contributed by atoms with Gasteiger partial charge in [0.2, 0.25) is 5.96 Å². The molecule has 0 aliphatic carbocycles. The van der Waals surface area contributed by atoms with Crippen LogP contribution in [-0.4, -0.2) is 36.2 Å². The molecule has 0 radical (unpaired) electrons. The Hall–Kier alpha value is -1.73. The average Bonchev–Trinajstić information content (AvgIpc) is 2.39. The van der Waals surface area contributed by atoms with Gasteiger partial charge in [-0.3, -0.25) is 5.43 Å². The second-order valence-corrected chi connectivity index (χ2v) is 3.28. The fourth-order valence-corrected chi connectivity index (χ4v) is 1.15. The first-order chi connectivity index (χ1) is 8.36. The lowest BCUT2D eigenvalue weighted by Crippen LogP contribution is -2.42. The summed E-state index contributed by atoms with van der Waals surface area (Å²) < 4.78 is 4.94. The normalized spacial score (nSPS) is 11.3. The number of nitrogens with one attached hydrogen (secondary N) is 2. The summed E-state index contributed by atoms with van der Waals surface area (Å²) in [6.07, 6.45) is 4.07. The van der Waals surface area contributed by atoms with Gasteiger partial charge in [0.1, 0.15) is 6.33 Å². The third kappa shape index (κ3) is 5.79. The molecule has 0 spiro atoms. The number of methoxy groups -OCH3 is 1. The third-order valence-corrected chi connectivity index (χ3v) is 2.00.